The summed E-state index contributed by atoms with van der Waals surface area (Å²) in [7, 11) is 0. The van der Waals surface area contributed by atoms with Crippen LogP contribution in [0.1, 0.15) is 42.4 Å². The Morgan fingerprint density at radius 3 is 2.25 bits per heavy atom. The van der Waals surface area contributed by atoms with Gasteiger partial charge in [-0.1, -0.05) is 0 Å². The van der Waals surface area contributed by atoms with Gasteiger partial charge in [-0.15, -0.1) is 0 Å². The Bertz CT molecular complexity index is 402. The van der Waals surface area contributed by atoms with Crippen molar-refractivity contribution in [1.29, 1.82) is 5.26 Å². The molecule has 84 valence electrons. The van der Waals surface area contributed by atoms with Crippen molar-refractivity contribution in [2.24, 2.45) is 0 Å². The molecular weight excluding hydrogens is 198 g/mol. The standard InChI is InChI=1S/C14H17NO/c1-10-7-12(9-15)8-11(2)14(10)16-13-5-3-4-6-13/h7-8,13H,3-6H2,1-2H3. The van der Waals surface area contributed by atoms with E-state index >= 15 is 0 Å². The number of ether oxygens (including phenoxy) is 1. The monoisotopic (exact) mass is 215 g/mol. The van der Waals surface area contributed by atoms with E-state index in [2.05, 4.69) is 6.07 Å². The van der Waals surface area contributed by atoms with Crippen LogP contribution in [0.3, 0.4) is 0 Å². The van der Waals surface area contributed by atoms with Crippen LogP contribution in [0.25, 0.3) is 0 Å². The summed E-state index contributed by atoms with van der Waals surface area (Å²) in [4.78, 5) is 0. The maximum atomic E-state index is 8.87. The van der Waals surface area contributed by atoms with Crippen molar-refractivity contribution in [1.82, 2.24) is 0 Å². The minimum Gasteiger partial charge on any atom is -0.490 e. The van der Waals surface area contributed by atoms with Gasteiger partial charge < -0.3 is 4.74 Å². The molecule has 0 amide bonds. The quantitative estimate of drug-likeness (QED) is 0.756. The number of aryl methyl sites for hydroxylation is 2. The predicted molar refractivity (Wildman–Crippen MR) is 63.5 cm³/mol. The van der Waals surface area contributed by atoms with Crippen LogP contribution < -0.4 is 4.74 Å². The molecule has 0 saturated heterocycles. The zero-order valence-corrected chi connectivity index (χ0v) is 9.92. The van der Waals surface area contributed by atoms with E-state index in [9.17, 15) is 0 Å². The van der Waals surface area contributed by atoms with Crippen LogP contribution in [-0.4, -0.2) is 6.10 Å². The SMILES string of the molecule is Cc1cc(C#N)cc(C)c1OC1CCCC1. The smallest absolute Gasteiger partial charge is 0.125 e. The summed E-state index contributed by atoms with van der Waals surface area (Å²) < 4.78 is 6.03. The van der Waals surface area contributed by atoms with E-state index in [0.29, 0.717) is 11.7 Å². The van der Waals surface area contributed by atoms with Gasteiger partial charge >= 0.3 is 0 Å². The fraction of sp³-hybridized carbons (Fsp3) is 0.500. The number of nitrogens with zero attached hydrogens (tertiary/aromatic N) is 1. The highest BCUT2D eigenvalue weighted by Gasteiger charge is 2.18. The van der Waals surface area contributed by atoms with E-state index in [1.165, 1.54) is 25.7 Å². The molecule has 2 heteroatoms. The van der Waals surface area contributed by atoms with Crippen LogP contribution in [0.15, 0.2) is 12.1 Å². The minimum atomic E-state index is 0.380. The molecule has 0 aliphatic heterocycles. The first-order chi connectivity index (χ1) is 7.70. The average molecular weight is 215 g/mol. The molecule has 0 aromatic heterocycles. The molecule has 16 heavy (non-hydrogen) atoms. The molecule has 0 atom stereocenters. The Morgan fingerprint density at radius 2 is 1.75 bits per heavy atom. The summed E-state index contributed by atoms with van der Waals surface area (Å²) in [5.41, 5.74) is 2.86. The van der Waals surface area contributed by atoms with Crippen LogP contribution in [-0.2, 0) is 0 Å². The summed E-state index contributed by atoms with van der Waals surface area (Å²) in [6.07, 6.45) is 5.26. The van der Waals surface area contributed by atoms with Gasteiger partial charge in [0.15, 0.2) is 0 Å². The molecule has 0 unspecified atom stereocenters. The first-order valence-corrected chi connectivity index (χ1v) is 5.88. The molecule has 0 bridgehead atoms. The lowest BCUT2D eigenvalue weighted by molar-refractivity contribution is 0.207. The van der Waals surface area contributed by atoms with E-state index < -0.39 is 0 Å². The minimum absolute atomic E-state index is 0.380. The average Bonchev–Trinajstić information content (AvgIpc) is 2.75. The summed E-state index contributed by atoms with van der Waals surface area (Å²) >= 11 is 0. The molecule has 1 saturated carbocycles. The van der Waals surface area contributed by atoms with Gasteiger partial charge in [0.1, 0.15) is 5.75 Å². The van der Waals surface area contributed by atoms with Crippen LogP contribution in [0.4, 0.5) is 0 Å². The number of hydrogen-bond donors (Lipinski definition) is 0. The Balaban J connectivity index is 2.23. The van der Waals surface area contributed by atoms with Gasteiger partial charge in [0, 0.05) is 0 Å². The number of nitriles is 1. The van der Waals surface area contributed by atoms with Crippen LogP contribution in [0.5, 0.6) is 5.75 Å². The second-order valence-electron chi connectivity index (χ2n) is 4.58. The van der Waals surface area contributed by atoms with Gasteiger partial charge in [0.25, 0.3) is 0 Å². The maximum absolute atomic E-state index is 8.87. The van der Waals surface area contributed by atoms with Crippen molar-refractivity contribution in [2.75, 3.05) is 0 Å². The summed E-state index contributed by atoms with van der Waals surface area (Å²) in [5, 5.41) is 8.87. The van der Waals surface area contributed by atoms with E-state index in [1.54, 1.807) is 0 Å². The highest BCUT2D eigenvalue weighted by Crippen LogP contribution is 2.29. The fourth-order valence-electron chi connectivity index (χ4n) is 2.37. The lowest BCUT2D eigenvalue weighted by Crippen LogP contribution is -2.12. The lowest BCUT2D eigenvalue weighted by atomic mass is 10.1. The fourth-order valence-corrected chi connectivity index (χ4v) is 2.37. The van der Waals surface area contributed by atoms with Crippen molar-refractivity contribution < 1.29 is 4.74 Å². The third kappa shape index (κ3) is 2.19. The Labute approximate surface area is 96.9 Å². The Morgan fingerprint density at radius 1 is 1.19 bits per heavy atom. The van der Waals surface area contributed by atoms with Crippen LogP contribution in [0.2, 0.25) is 0 Å². The first kappa shape index (κ1) is 11.0. The normalized spacial score (nSPS) is 16.1. The highest BCUT2D eigenvalue weighted by atomic mass is 16.5. The Hall–Kier alpha value is -1.49. The van der Waals surface area contributed by atoms with E-state index in [4.69, 9.17) is 10.00 Å². The largest absolute Gasteiger partial charge is 0.490 e. The Kier molecular flexibility index (Phi) is 3.14. The molecule has 0 radical (unpaired) electrons. The van der Waals surface area contributed by atoms with E-state index in [-0.39, 0.29) is 0 Å². The van der Waals surface area contributed by atoms with E-state index in [0.717, 1.165) is 16.9 Å². The van der Waals surface area contributed by atoms with Crippen LogP contribution in [0, 0.1) is 25.2 Å². The molecule has 1 fully saturated rings. The summed E-state index contributed by atoms with van der Waals surface area (Å²) in [6.45, 7) is 4.02. The first-order valence-electron chi connectivity index (χ1n) is 5.88. The zero-order valence-electron chi connectivity index (χ0n) is 9.92. The van der Waals surface area contributed by atoms with Gasteiger partial charge in [-0.25, -0.2) is 0 Å². The second kappa shape index (κ2) is 4.57. The molecule has 1 aromatic carbocycles. The third-order valence-corrected chi connectivity index (χ3v) is 3.18. The molecule has 1 aliphatic carbocycles. The lowest BCUT2D eigenvalue weighted by Gasteiger charge is -2.17. The topological polar surface area (TPSA) is 33.0 Å². The predicted octanol–water partition coefficient (Wildman–Crippen LogP) is 3.50. The third-order valence-electron chi connectivity index (χ3n) is 3.18. The van der Waals surface area contributed by atoms with Gasteiger partial charge in [-0.2, -0.15) is 5.26 Å². The van der Waals surface area contributed by atoms with Gasteiger partial charge in [-0.3, -0.25) is 0 Å². The van der Waals surface area contributed by atoms with Gasteiger partial charge in [0.05, 0.1) is 17.7 Å². The molecule has 2 nitrogen and oxygen atoms in total. The van der Waals surface area contributed by atoms with Crippen molar-refractivity contribution in [3.63, 3.8) is 0 Å². The number of rotatable bonds is 2. The molecule has 1 aromatic rings. The highest BCUT2D eigenvalue weighted by molar-refractivity contribution is 5.47. The maximum Gasteiger partial charge on any atom is 0.125 e. The second-order valence-corrected chi connectivity index (χ2v) is 4.58. The van der Waals surface area contributed by atoms with Crippen molar-refractivity contribution >= 4 is 0 Å². The van der Waals surface area contributed by atoms with Crippen molar-refractivity contribution in [3.8, 4) is 11.8 Å². The number of hydrogen-bond acceptors (Lipinski definition) is 2. The van der Waals surface area contributed by atoms with Gasteiger partial charge in [-0.05, 0) is 62.8 Å². The molecule has 2 rings (SSSR count). The molecular formula is C14H17NO. The van der Waals surface area contributed by atoms with Crippen LogP contribution >= 0.6 is 0 Å². The molecule has 0 spiro atoms. The van der Waals surface area contributed by atoms with Crippen molar-refractivity contribution in [3.05, 3.63) is 28.8 Å². The zero-order chi connectivity index (χ0) is 11.5. The molecule has 0 N–H and O–H groups in total. The molecule has 0 heterocycles. The van der Waals surface area contributed by atoms with Gasteiger partial charge in [0.2, 0.25) is 0 Å². The van der Waals surface area contributed by atoms with E-state index in [1.807, 2.05) is 26.0 Å². The van der Waals surface area contributed by atoms with Crippen molar-refractivity contribution in [2.45, 2.75) is 45.6 Å². The number of benzene rings is 1. The molecule has 1 aliphatic rings. The summed E-state index contributed by atoms with van der Waals surface area (Å²) in [5.74, 6) is 0.978. The summed E-state index contributed by atoms with van der Waals surface area (Å²) in [6, 6.07) is 5.97.